The summed E-state index contributed by atoms with van der Waals surface area (Å²) in [5.74, 6) is 0.538. The molecule has 0 bridgehead atoms. The number of nitrogens with one attached hydrogen (secondary N) is 1. The van der Waals surface area contributed by atoms with Crippen LogP contribution in [0.1, 0.15) is 12.5 Å². The molecule has 24 heavy (non-hydrogen) atoms. The van der Waals surface area contributed by atoms with Crippen molar-refractivity contribution in [2.24, 2.45) is 0 Å². The van der Waals surface area contributed by atoms with Crippen molar-refractivity contribution in [3.8, 4) is 5.75 Å². The third-order valence-corrected chi connectivity index (χ3v) is 5.45. The van der Waals surface area contributed by atoms with Crippen molar-refractivity contribution in [2.75, 3.05) is 12.4 Å². The fourth-order valence-electron chi connectivity index (χ4n) is 1.73. The Bertz CT molecular complexity index is 717. The normalized spacial score (nSPS) is 12.4. The maximum Gasteiger partial charge on any atom is 0.118 e. The van der Waals surface area contributed by atoms with Crippen LogP contribution < -0.4 is 14.4 Å². The largest absolute Gasteiger partial charge is 0.497 e. The third-order valence-electron chi connectivity index (χ3n) is 2.89. The standard InChI is InChI=1S/C8H10AsNO5.C8H10O/c1-6(11)10-8-5-3-2-4-7(8)9(12,13)15-14;1-7-3-5-8(9-2)6-4-7/h2-5,14H,1H3,(H,10,11)(H,12,13);3-6H,1-2H3. The summed E-state index contributed by atoms with van der Waals surface area (Å²) < 4.78 is 29.1. The fraction of sp³-hybridized carbons (Fsp3) is 0.188. The molecule has 0 saturated heterocycles. The van der Waals surface area contributed by atoms with Crippen molar-refractivity contribution in [3.05, 3.63) is 54.1 Å². The average molecular weight is 397 g/mol. The molecule has 2 aromatic carbocycles. The number of carbonyl (C=O) groups is 1. The van der Waals surface area contributed by atoms with E-state index in [1.807, 2.05) is 24.3 Å². The molecule has 1 atom stereocenters. The Balaban J connectivity index is 0.000000272. The first kappa shape index (κ1) is 20.0. The molecule has 0 saturated carbocycles. The molecule has 2 aromatic rings. The molecule has 0 radical (unpaired) electrons. The first-order valence-corrected chi connectivity index (χ1v) is 10.2. The Morgan fingerprint density at radius 3 is 2.21 bits per heavy atom. The fourth-order valence-corrected chi connectivity index (χ4v) is 3.41. The van der Waals surface area contributed by atoms with Gasteiger partial charge in [-0.2, -0.15) is 0 Å². The number of aryl methyl sites for hydroxylation is 1. The van der Waals surface area contributed by atoms with Crippen LogP contribution in [0, 0.1) is 6.92 Å². The smallest absolute Gasteiger partial charge is 0.118 e. The first-order chi connectivity index (χ1) is 11.3. The molecule has 3 N–H and O–H groups in total. The number of methoxy groups -OCH3 is 1. The van der Waals surface area contributed by atoms with Gasteiger partial charge in [-0.3, -0.25) is 0 Å². The van der Waals surface area contributed by atoms with Gasteiger partial charge in [-0.1, -0.05) is 17.7 Å². The van der Waals surface area contributed by atoms with Crippen LogP contribution in [0.25, 0.3) is 0 Å². The van der Waals surface area contributed by atoms with Crippen LogP contribution >= 0.6 is 0 Å². The molecule has 8 heteroatoms. The van der Waals surface area contributed by atoms with Crippen LogP contribution in [-0.4, -0.2) is 36.5 Å². The SMILES string of the molecule is CC(=O)Nc1ccccc1[As](=O)(O)OO.COc1ccc(C)cc1. The molecule has 0 aliphatic rings. The van der Waals surface area contributed by atoms with Crippen LogP contribution in [0.4, 0.5) is 5.69 Å². The second kappa shape index (κ2) is 9.29. The summed E-state index contributed by atoms with van der Waals surface area (Å²) in [6, 6.07) is 13.8. The molecule has 0 aromatic heterocycles. The van der Waals surface area contributed by atoms with Gasteiger partial charge >= 0.3 is 88.4 Å². The van der Waals surface area contributed by atoms with Crippen LogP contribution in [-0.2, 0) is 12.4 Å². The van der Waals surface area contributed by atoms with Crippen LogP contribution in [0.2, 0.25) is 0 Å². The number of rotatable bonds is 4. The van der Waals surface area contributed by atoms with Crippen molar-refractivity contribution < 1.29 is 26.5 Å². The van der Waals surface area contributed by atoms with Crippen molar-refractivity contribution >= 4 is 30.1 Å². The summed E-state index contributed by atoms with van der Waals surface area (Å²) in [6.07, 6.45) is 0. The topological polar surface area (TPSA) is 105 Å². The average Bonchev–Trinajstić information content (AvgIpc) is 2.56. The molecule has 0 aliphatic carbocycles. The zero-order valence-electron chi connectivity index (χ0n) is 13.6. The van der Waals surface area contributed by atoms with Crippen molar-refractivity contribution in [3.63, 3.8) is 0 Å². The van der Waals surface area contributed by atoms with Gasteiger partial charge in [0.05, 0.1) is 7.11 Å². The molecule has 0 spiro atoms. The maximum atomic E-state index is 11.4. The van der Waals surface area contributed by atoms with E-state index in [9.17, 15) is 12.6 Å². The number of carbonyl (C=O) groups excluding carboxylic acids is 1. The number of amides is 1. The molecule has 2 rings (SSSR count). The van der Waals surface area contributed by atoms with Crippen LogP contribution in [0.15, 0.2) is 48.5 Å². The molecule has 1 unspecified atom stereocenters. The predicted octanol–water partition coefficient (Wildman–Crippen LogP) is 1.71. The summed E-state index contributed by atoms with van der Waals surface area (Å²) in [5.41, 5.74) is 1.42. The number of benzene rings is 2. The minimum Gasteiger partial charge on any atom is -0.497 e. The number of para-hydroxylation sites is 1. The maximum absolute atomic E-state index is 11.4. The zero-order valence-corrected chi connectivity index (χ0v) is 15.5. The van der Waals surface area contributed by atoms with E-state index in [0.717, 1.165) is 5.75 Å². The number of anilines is 1. The van der Waals surface area contributed by atoms with Gasteiger partial charge in [-0.25, -0.2) is 0 Å². The molecular weight excluding hydrogens is 377 g/mol. The number of hydrogen-bond acceptors (Lipinski definition) is 5. The summed E-state index contributed by atoms with van der Waals surface area (Å²) in [6.45, 7) is 3.32. The molecule has 0 heterocycles. The molecule has 0 aliphatic heterocycles. The van der Waals surface area contributed by atoms with E-state index in [2.05, 4.69) is 16.1 Å². The van der Waals surface area contributed by atoms with Gasteiger partial charge in [0.25, 0.3) is 0 Å². The minimum absolute atomic E-state index is 0.103. The quantitative estimate of drug-likeness (QED) is 0.412. The minimum atomic E-state index is -4.92. The van der Waals surface area contributed by atoms with E-state index in [-0.39, 0.29) is 15.9 Å². The van der Waals surface area contributed by atoms with Crippen molar-refractivity contribution in [2.45, 2.75) is 13.8 Å². The van der Waals surface area contributed by atoms with Gasteiger partial charge in [0.1, 0.15) is 5.75 Å². The Morgan fingerprint density at radius 1 is 1.12 bits per heavy atom. The van der Waals surface area contributed by atoms with Gasteiger partial charge in [0.2, 0.25) is 0 Å². The monoisotopic (exact) mass is 397 g/mol. The second-order valence-corrected chi connectivity index (χ2v) is 8.35. The van der Waals surface area contributed by atoms with E-state index in [1.165, 1.54) is 30.7 Å². The van der Waals surface area contributed by atoms with Gasteiger partial charge < -0.3 is 4.74 Å². The van der Waals surface area contributed by atoms with Crippen LogP contribution in [0.3, 0.4) is 0 Å². The van der Waals surface area contributed by atoms with Gasteiger partial charge in [-0.05, 0) is 19.1 Å². The Labute approximate surface area is 143 Å². The van der Waals surface area contributed by atoms with Gasteiger partial charge in [-0.15, -0.1) is 0 Å². The van der Waals surface area contributed by atoms with Crippen molar-refractivity contribution in [1.29, 1.82) is 0 Å². The second-order valence-electron chi connectivity index (χ2n) is 4.82. The van der Waals surface area contributed by atoms with E-state index in [1.54, 1.807) is 13.2 Å². The number of hydrogen-bond donors (Lipinski definition) is 3. The van der Waals surface area contributed by atoms with Crippen molar-refractivity contribution in [1.82, 2.24) is 0 Å². The summed E-state index contributed by atoms with van der Waals surface area (Å²) in [4.78, 5) is 10.8. The summed E-state index contributed by atoms with van der Waals surface area (Å²) in [5, 5.41) is 10.7. The summed E-state index contributed by atoms with van der Waals surface area (Å²) in [7, 11) is 1.67. The Morgan fingerprint density at radius 2 is 1.71 bits per heavy atom. The summed E-state index contributed by atoms with van der Waals surface area (Å²) >= 11 is -4.92. The first-order valence-electron chi connectivity index (χ1n) is 6.94. The van der Waals surface area contributed by atoms with E-state index in [4.69, 9.17) is 9.99 Å². The van der Waals surface area contributed by atoms with E-state index >= 15 is 0 Å². The van der Waals surface area contributed by atoms with E-state index in [0.29, 0.717) is 0 Å². The number of ether oxygens (including phenoxy) is 1. The molecule has 1 amide bonds. The predicted molar refractivity (Wildman–Crippen MR) is 90.5 cm³/mol. The van der Waals surface area contributed by atoms with Gasteiger partial charge in [0, 0.05) is 0 Å². The zero-order chi connectivity index (χ0) is 18.2. The van der Waals surface area contributed by atoms with Crippen LogP contribution in [0.5, 0.6) is 5.75 Å². The molecular formula is C16H20AsNO6. The Kier molecular flexibility index (Phi) is 7.74. The van der Waals surface area contributed by atoms with Gasteiger partial charge in [0.15, 0.2) is 0 Å². The van der Waals surface area contributed by atoms with E-state index < -0.39 is 14.2 Å². The molecule has 130 valence electrons. The molecule has 0 fully saturated rings. The third kappa shape index (κ3) is 6.21. The Hall–Kier alpha value is -2.05. The molecule has 7 nitrogen and oxygen atoms in total.